The van der Waals surface area contributed by atoms with Crippen LogP contribution in [0.15, 0.2) is 18.3 Å². The molecule has 1 aromatic rings. The molecular weight excluding hydrogens is 280 g/mol. The fraction of sp³-hybridized carbons (Fsp3) is 0.625. The molecule has 1 aliphatic heterocycles. The molecule has 0 radical (unpaired) electrons. The Morgan fingerprint density at radius 3 is 2.45 bits per heavy atom. The van der Waals surface area contributed by atoms with E-state index in [9.17, 15) is 9.59 Å². The van der Waals surface area contributed by atoms with E-state index in [1.54, 1.807) is 0 Å². The second-order valence-electron chi connectivity index (χ2n) is 6.14. The van der Waals surface area contributed by atoms with Crippen LogP contribution >= 0.6 is 0 Å². The summed E-state index contributed by atoms with van der Waals surface area (Å²) in [7, 11) is 2.01. The SMILES string of the molecule is CC(C)NC(=O)C(=O)NCC(c1cccn1C)N1CCCC1. The number of nitrogens with one attached hydrogen (secondary N) is 2. The first-order chi connectivity index (χ1) is 10.5. The molecule has 2 N–H and O–H groups in total. The Morgan fingerprint density at radius 2 is 1.91 bits per heavy atom. The summed E-state index contributed by atoms with van der Waals surface area (Å²) in [5.41, 5.74) is 1.16. The minimum Gasteiger partial charge on any atom is -0.353 e. The smallest absolute Gasteiger partial charge is 0.309 e. The van der Waals surface area contributed by atoms with E-state index < -0.39 is 11.8 Å². The lowest BCUT2D eigenvalue weighted by atomic mass is 10.1. The molecule has 6 heteroatoms. The van der Waals surface area contributed by atoms with Gasteiger partial charge in [0.2, 0.25) is 0 Å². The molecule has 1 aliphatic rings. The zero-order valence-electron chi connectivity index (χ0n) is 13.6. The average Bonchev–Trinajstić information content (AvgIpc) is 3.11. The molecular formula is C16H26N4O2. The van der Waals surface area contributed by atoms with Gasteiger partial charge in [-0.15, -0.1) is 0 Å². The largest absolute Gasteiger partial charge is 0.353 e. The summed E-state index contributed by atoms with van der Waals surface area (Å²) >= 11 is 0. The van der Waals surface area contributed by atoms with Crippen LogP contribution in [0.2, 0.25) is 0 Å². The van der Waals surface area contributed by atoms with Crippen molar-refractivity contribution in [3.63, 3.8) is 0 Å². The van der Waals surface area contributed by atoms with Crippen molar-refractivity contribution in [2.75, 3.05) is 19.6 Å². The third-order valence-electron chi connectivity index (χ3n) is 3.99. The first-order valence-electron chi connectivity index (χ1n) is 7.93. The molecule has 2 heterocycles. The van der Waals surface area contributed by atoms with Crippen LogP contribution in [0.25, 0.3) is 0 Å². The number of nitrogens with zero attached hydrogens (tertiary/aromatic N) is 2. The monoisotopic (exact) mass is 306 g/mol. The molecule has 0 aliphatic carbocycles. The third-order valence-corrected chi connectivity index (χ3v) is 3.99. The van der Waals surface area contributed by atoms with Gasteiger partial charge < -0.3 is 15.2 Å². The van der Waals surface area contributed by atoms with Gasteiger partial charge in [0.15, 0.2) is 0 Å². The highest BCUT2D eigenvalue weighted by Gasteiger charge is 2.26. The fourth-order valence-corrected chi connectivity index (χ4v) is 2.89. The van der Waals surface area contributed by atoms with Crippen LogP contribution in [0.5, 0.6) is 0 Å². The van der Waals surface area contributed by atoms with Crippen molar-refractivity contribution in [2.24, 2.45) is 7.05 Å². The summed E-state index contributed by atoms with van der Waals surface area (Å²) in [6, 6.07) is 4.15. The third kappa shape index (κ3) is 4.10. The van der Waals surface area contributed by atoms with Gasteiger partial charge in [0.25, 0.3) is 0 Å². The Kier molecular flexibility index (Phi) is 5.60. The van der Waals surface area contributed by atoms with Crippen molar-refractivity contribution in [3.05, 3.63) is 24.0 Å². The predicted octanol–water partition coefficient (Wildman–Crippen LogP) is 0.803. The molecule has 1 aromatic heterocycles. The van der Waals surface area contributed by atoms with Gasteiger partial charge in [-0.05, 0) is 51.9 Å². The minimum absolute atomic E-state index is 0.0412. The zero-order valence-corrected chi connectivity index (χ0v) is 13.6. The summed E-state index contributed by atoms with van der Waals surface area (Å²) in [6.45, 7) is 6.18. The summed E-state index contributed by atoms with van der Waals surface area (Å²) in [6.07, 6.45) is 4.37. The van der Waals surface area contributed by atoms with E-state index >= 15 is 0 Å². The number of aromatic nitrogens is 1. The zero-order chi connectivity index (χ0) is 16.1. The average molecular weight is 306 g/mol. The van der Waals surface area contributed by atoms with Crippen molar-refractivity contribution in [1.82, 2.24) is 20.1 Å². The Labute approximate surface area is 131 Å². The van der Waals surface area contributed by atoms with Crippen molar-refractivity contribution in [3.8, 4) is 0 Å². The number of rotatable bonds is 5. The number of aryl methyl sites for hydroxylation is 1. The van der Waals surface area contributed by atoms with Gasteiger partial charge in [0, 0.05) is 31.5 Å². The van der Waals surface area contributed by atoms with Gasteiger partial charge in [-0.2, -0.15) is 0 Å². The molecule has 0 saturated carbocycles. The second kappa shape index (κ2) is 7.45. The molecule has 1 unspecified atom stereocenters. The Hall–Kier alpha value is -1.82. The van der Waals surface area contributed by atoms with E-state index in [0.717, 1.165) is 18.8 Å². The molecule has 1 fully saturated rings. The minimum atomic E-state index is -0.568. The molecule has 0 bridgehead atoms. The maximum atomic E-state index is 11.9. The first kappa shape index (κ1) is 16.5. The first-order valence-corrected chi connectivity index (χ1v) is 7.93. The summed E-state index contributed by atoms with van der Waals surface area (Å²) in [5, 5.41) is 5.39. The molecule has 0 spiro atoms. The number of hydrogen-bond acceptors (Lipinski definition) is 3. The van der Waals surface area contributed by atoms with Gasteiger partial charge in [0.1, 0.15) is 0 Å². The van der Waals surface area contributed by atoms with Gasteiger partial charge in [-0.25, -0.2) is 0 Å². The van der Waals surface area contributed by atoms with Gasteiger partial charge in [0.05, 0.1) is 6.04 Å². The van der Waals surface area contributed by atoms with Gasteiger partial charge in [-0.1, -0.05) is 0 Å². The van der Waals surface area contributed by atoms with E-state index in [-0.39, 0.29) is 12.1 Å². The fourth-order valence-electron chi connectivity index (χ4n) is 2.89. The highest BCUT2D eigenvalue weighted by Crippen LogP contribution is 2.24. The van der Waals surface area contributed by atoms with Crippen LogP contribution < -0.4 is 10.6 Å². The highest BCUT2D eigenvalue weighted by molar-refractivity contribution is 6.35. The standard InChI is InChI=1S/C16H26N4O2/c1-12(2)18-16(22)15(21)17-11-14(20-9-4-5-10-20)13-7-6-8-19(13)3/h6-8,12,14H,4-5,9-11H2,1-3H3,(H,17,21)(H,18,22). The normalized spacial score (nSPS) is 16.7. The summed E-state index contributed by atoms with van der Waals surface area (Å²) in [4.78, 5) is 26.0. The quantitative estimate of drug-likeness (QED) is 0.791. The van der Waals surface area contributed by atoms with Crippen LogP contribution in [0.1, 0.15) is 38.4 Å². The van der Waals surface area contributed by atoms with Crippen LogP contribution in [-0.4, -0.2) is 47.0 Å². The molecule has 0 aromatic carbocycles. The van der Waals surface area contributed by atoms with Crippen LogP contribution in [0.3, 0.4) is 0 Å². The van der Waals surface area contributed by atoms with E-state index in [4.69, 9.17) is 0 Å². The van der Waals surface area contributed by atoms with E-state index in [1.165, 1.54) is 12.8 Å². The predicted molar refractivity (Wildman–Crippen MR) is 85.2 cm³/mol. The summed E-state index contributed by atoms with van der Waals surface area (Å²) in [5.74, 6) is -1.13. The number of carbonyl (C=O) groups excluding carboxylic acids is 2. The molecule has 6 nitrogen and oxygen atoms in total. The van der Waals surface area contributed by atoms with Crippen LogP contribution in [0.4, 0.5) is 0 Å². The Bertz CT molecular complexity index is 518. The van der Waals surface area contributed by atoms with Gasteiger partial charge >= 0.3 is 11.8 Å². The Balaban J connectivity index is 2.00. The summed E-state index contributed by atoms with van der Waals surface area (Å²) < 4.78 is 2.07. The molecule has 1 atom stereocenters. The molecule has 2 amide bonds. The number of amides is 2. The van der Waals surface area contributed by atoms with Crippen molar-refractivity contribution in [2.45, 2.75) is 38.8 Å². The second-order valence-corrected chi connectivity index (χ2v) is 6.14. The molecule has 2 rings (SSSR count). The highest BCUT2D eigenvalue weighted by atomic mass is 16.2. The number of hydrogen-bond donors (Lipinski definition) is 2. The molecule has 122 valence electrons. The van der Waals surface area contributed by atoms with E-state index in [0.29, 0.717) is 6.54 Å². The Morgan fingerprint density at radius 1 is 1.23 bits per heavy atom. The number of carbonyl (C=O) groups is 2. The van der Waals surface area contributed by atoms with Crippen LogP contribution in [-0.2, 0) is 16.6 Å². The van der Waals surface area contributed by atoms with Crippen molar-refractivity contribution < 1.29 is 9.59 Å². The maximum absolute atomic E-state index is 11.9. The molecule has 1 saturated heterocycles. The lowest BCUT2D eigenvalue weighted by molar-refractivity contribution is -0.139. The van der Waals surface area contributed by atoms with Gasteiger partial charge in [-0.3, -0.25) is 14.5 Å². The maximum Gasteiger partial charge on any atom is 0.309 e. The topological polar surface area (TPSA) is 66.4 Å². The van der Waals surface area contributed by atoms with Crippen molar-refractivity contribution in [1.29, 1.82) is 0 Å². The van der Waals surface area contributed by atoms with E-state index in [2.05, 4.69) is 26.2 Å². The van der Waals surface area contributed by atoms with Crippen LogP contribution in [0, 0.1) is 0 Å². The number of likely N-dealkylation sites (tertiary alicyclic amines) is 1. The van der Waals surface area contributed by atoms with E-state index in [1.807, 2.05) is 33.2 Å². The lowest BCUT2D eigenvalue weighted by Gasteiger charge is -2.28. The molecule has 22 heavy (non-hydrogen) atoms. The lowest BCUT2D eigenvalue weighted by Crippen LogP contribution is -2.45. The van der Waals surface area contributed by atoms with Crippen molar-refractivity contribution >= 4 is 11.8 Å².